The van der Waals surface area contributed by atoms with E-state index in [1.165, 1.54) is 9.25 Å². The molecule has 0 aliphatic rings. The maximum atomic E-state index is 12.3. The Kier molecular flexibility index (Phi) is 5.29. The Morgan fingerprint density at radius 2 is 1.81 bits per heavy atom. The van der Waals surface area contributed by atoms with Gasteiger partial charge in [0.1, 0.15) is 5.69 Å². The van der Waals surface area contributed by atoms with Crippen LogP contribution in [0.3, 0.4) is 0 Å². The second kappa shape index (κ2) is 7.63. The lowest BCUT2D eigenvalue weighted by Crippen LogP contribution is -2.32. The van der Waals surface area contributed by atoms with Crippen LogP contribution in [0.2, 0.25) is 0 Å². The highest BCUT2D eigenvalue weighted by Crippen LogP contribution is 2.10. The number of benzene rings is 1. The number of hydrogen-bond acceptors (Lipinski definition) is 5. The van der Waals surface area contributed by atoms with Crippen LogP contribution >= 0.6 is 0 Å². The predicted molar refractivity (Wildman–Crippen MR) is 97.8 cm³/mol. The molecule has 136 valence electrons. The number of pyridine rings is 1. The van der Waals surface area contributed by atoms with E-state index in [-0.39, 0.29) is 24.5 Å². The van der Waals surface area contributed by atoms with Gasteiger partial charge in [-0.25, -0.2) is 22.6 Å². The molecule has 2 aromatic heterocycles. The van der Waals surface area contributed by atoms with Crippen molar-refractivity contribution < 1.29 is 8.42 Å². The van der Waals surface area contributed by atoms with Gasteiger partial charge in [0.2, 0.25) is 10.0 Å². The summed E-state index contributed by atoms with van der Waals surface area (Å²) in [7, 11) is -1.88. The van der Waals surface area contributed by atoms with Gasteiger partial charge in [-0.2, -0.15) is 0 Å². The summed E-state index contributed by atoms with van der Waals surface area (Å²) < 4.78 is 29.4. The molecule has 26 heavy (non-hydrogen) atoms. The normalized spacial score (nSPS) is 11.6. The number of hydrogen-bond donors (Lipinski definition) is 1. The summed E-state index contributed by atoms with van der Waals surface area (Å²) in [4.78, 5) is 16.5. The molecule has 8 nitrogen and oxygen atoms in total. The minimum Gasteiger partial charge on any atom is -0.277 e. The van der Waals surface area contributed by atoms with Gasteiger partial charge >= 0.3 is 5.69 Å². The van der Waals surface area contributed by atoms with Crippen molar-refractivity contribution in [1.29, 1.82) is 0 Å². The molecule has 3 aromatic rings. The maximum absolute atomic E-state index is 12.3. The van der Waals surface area contributed by atoms with Crippen molar-refractivity contribution in [3.8, 4) is 11.5 Å². The zero-order valence-electron chi connectivity index (χ0n) is 14.2. The van der Waals surface area contributed by atoms with Gasteiger partial charge in [0.25, 0.3) is 0 Å². The molecule has 9 heteroatoms. The zero-order valence-corrected chi connectivity index (χ0v) is 15.1. The molecule has 0 bridgehead atoms. The monoisotopic (exact) mass is 373 g/mol. The number of nitrogens with one attached hydrogen (secondary N) is 1. The molecule has 0 saturated heterocycles. The molecule has 0 atom stereocenters. The van der Waals surface area contributed by atoms with E-state index < -0.39 is 10.0 Å². The van der Waals surface area contributed by atoms with Crippen LogP contribution < -0.4 is 10.4 Å². The molecule has 0 saturated carbocycles. The SMILES string of the molecule is Cn1c(-c2ccccn2)nn(CCNS(=O)(=O)Cc2ccccc2)c1=O. The number of nitrogens with zero attached hydrogens (tertiary/aromatic N) is 4. The molecule has 0 amide bonds. The van der Waals surface area contributed by atoms with Crippen LogP contribution in [0.5, 0.6) is 0 Å². The maximum Gasteiger partial charge on any atom is 0.346 e. The van der Waals surface area contributed by atoms with Crippen LogP contribution in [-0.4, -0.2) is 34.3 Å². The molecule has 0 spiro atoms. The summed E-state index contributed by atoms with van der Waals surface area (Å²) in [5, 5.41) is 4.25. The Bertz CT molecular complexity index is 1030. The smallest absolute Gasteiger partial charge is 0.277 e. The van der Waals surface area contributed by atoms with Crippen molar-refractivity contribution in [1.82, 2.24) is 24.1 Å². The Hall–Kier alpha value is -2.78. The molecular weight excluding hydrogens is 354 g/mol. The lowest BCUT2D eigenvalue weighted by molar-refractivity contribution is 0.550. The lowest BCUT2D eigenvalue weighted by Gasteiger charge is -2.06. The zero-order chi connectivity index (χ0) is 18.6. The first kappa shape index (κ1) is 18.0. The summed E-state index contributed by atoms with van der Waals surface area (Å²) >= 11 is 0. The van der Waals surface area contributed by atoms with E-state index >= 15 is 0 Å². The molecule has 3 rings (SSSR count). The van der Waals surface area contributed by atoms with Gasteiger partial charge in [-0.3, -0.25) is 9.55 Å². The summed E-state index contributed by atoms with van der Waals surface area (Å²) in [6, 6.07) is 14.3. The number of rotatable bonds is 7. The van der Waals surface area contributed by atoms with E-state index in [2.05, 4.69) is 14.8 Å². The standard InChI is InChI=1S/C17H19N5O3S/c1-21-16(15-9-5-6-10-18-15)20-22(17(21)23)12-11-19-26(24,25)13-14-7-3-2-4-8-14/h2-10,19H,11-13H2,1H3. The minimum atomic E-state index is -3.49. The molecule has 0 unspecified atom stereocenters. The van der Waals surface area contributed by atoms with Crippen molar-refractivity contribution in [2.45, 2.75) is 12.3 Å². The van der Waals surface area contributed by atoms with E-state index in [9.17, 15) is 13.2 Å². The molecule has 1 aromatic carbocycles. The molecule has 2 heterocycles. The largest absolute Gasteiger partial charge is 0.346 e. The average Bonchev–Trinajstić information content (AvgIpc) is 2.91. The Labute approximate surface area is 151 Å². The van der Waals surface area contributed by atoms with E-state index in [1.54, 1.807) is 49.6 Å². The van der Waals surface area contributed by atoms with Crippen molar-refractivity contribution in [3.05, 3.63) is 70.8 Å². The molecule has 0 aliphatic carbocycles. The van der Waals surface area contributed by atoms with Gasteiger partial charge in [-0.05, 0) is 17.7 Å². The molecule has 0 aliphatic heterocycles. The van der Waals surface area contributed by atoms with Crippen LogP contribution in [-0.2, 0) is 29.4 Å². The van der Waals surface area contributed by atoms with E-state index in [0.29, 0.717) is 17.1 Å². The second-order valence-corrected chi connectivity index (χ2v) is 7.55. The molecular formula is C17H19N5O3S. The van der Waals surface area contributed by atoms with Gasteiger partial charge in [-0.15, -0.1) is 5.10 Å². The van der Waals surface area contributed by atoms with Gasteiger partial charge in [-0.1, -0.05) is 36.4 Å². The van der Waals surface area contributed by atoms with Crippen LogP contribution in [0.1, 0.15) is 5.56 Å². The van der Waals surface area contributed by atoms with Crippen molar-refractivity contribution in [2.24, 2.45) is 7.05 Å². The van der Waals surface area contributed by atoms with Gasteiger partial charge < -0.3 is 0 Å². The number of aromatic nitrogens is 4. The first-order valence-corrected chi connectivity index (χ1v) is 9.68. The summed E-state index contributed by atoms with van der Waals surface area (Å²) in [6.07, 6.45) is 1.62. The highest BCUT2D eigenvalue weighted by molar-refractivity contribution is 7.88. The van der Waals surface area contributed by atoms with Gasteiger partial charge in [0.15, 0.2) is 5.82 Å². The lowest BCUT2D eigenvalue weighted by atomic mass is 10.2. The fraction of sp³-hybridized carbons (Fsp3) is 0.235. The fourth-order valence-electron chi connectivity index (χ4n) is 2.50. The fourth-order valence-corrected chi connectivity index (χ4v) is 3.64. The molecule has 0 radical (unpaired) electrons. The first-order chi connectivity index (χ1) is 12.5. The van der Waals surface area contributed by atoms with Crippen LogP contribution in [0.25, 0.3) is 11.5 Å². The first-order valence-electron chi connectivity index (χ1n) is 8.03. The summed E-state index contributed by atoms with van der Waals surface area (Å²) in [5.74, 6) is 0.326. The Balaban J connectivity index is 1.66. The van der Waals surface area contributed by atoms with Crippen LogP contribution in [0.4, 0.5) is 0 Å². The van der Waals surface area contributed by atoms with Crippen molar-refractivity contribution in [2.75, 3.05) is 6.54 Å². The van der Waals surface area contributed by atoms with Gasteiger partial charge in [0, 0.05) is 19.8 Å². The summed E-state index contributed by atoms with van der Waals surface area (Å²) in [6.45, 7) is 0.210. The third-order valence-electron chi connectivity index (χ3n) is 3.78. The summed E-state index contributed by atoms with van der Waals surface area (Å²) in [5.41, 5.74) is 0.955. The number of sulfonamides is 1. The third-order valence-corrected chi connectivity index (χ3v) is 5.14. The van der Waals surface area contributed by atoms with Crippen molar-refractivity contribution in [3.63, 3.8) is 0 Å². The van der Waals surface area contributed by atoms with E-state index in [4.69, 9.17) is 0 Å². The van der Waals surface area contributed by atoms with E-state index in [1.807, 2.05) is 12.1 Å². The predicted octanol–water partition coefficient (Wildman–Crippen LogP) is 0.763. The van der Waals surface area contributed by atoms with E-state index in [0.717, 1.165) is 0 Å². The quantitative estimate of drug-likeness (QED) is 0.659. The Morgan fingerprint density at radius 3 is 2.50 bits per heavy atom. The average molecular weight is 373 g/mol. The van der Waals surface area contributed by atoms with Crippen molar-refractivity contribution >= 4 is 10.0 Å². The van der Waals surface area contributed by atoms with Crippen LogP contribution in [0, 0.1) is 0 Å². The van der Waals surface area contributed by atoms with Gasteiger partial charge in [0.05, 0.1) is 12.3 Å². The second-order valence-electron chi connectivity index (χ2n) is 5.74. The molecule has 0 fully saturated rings. The third kappa shape index (κ3) is 4.24. The minimum absolute atomic E-state index is 0.0771. The molecule has 1 N–H and O–H groups in total. The highest BCUT2D eigenvalue weighted by Gasteiger charge is 2.14. The van der Waals surface area contributed by atoms with Crippen LogP contribution in [0.15, 0.2) is 59.5 Å². The Morgan fingerprint density at radius 1 is 1.08 bits per heavy atom. The topological polar surface area (TPSA) is 98.9 Å². The highest BCUT2D eigenvalue weighted by atomic mass is 32.2.